The van der Waals surface area contributed by atoms with E-state index >= 15 is 4.39 Å². The van der Waals surface area contributed by atoms with Gasteiger partial charge in [-0.3, -0.25) is 0 Å². The molecule has 4 aliphatic rings. The highest BCUT2D eigenvalue weighted by Gasteiger charge is 2.55. The summed E-state index contributed by atoms with van der Waals surface area (Å²) in [5, 5.41) is 15.4. The van der Waals surface area contributed by atoms with E-state index in [1.807, 2.05) is 71.3 Å². The Kier molecular flexibility index (Phi) is 8.89. The van der Waals surface area contributed by atoms with Gasteiger partial charge < -0.3 is 40.0 Å². The van der Waals surface area contributed by atoms with E-state index < -0.39 is 11.4 Å². The molecule has 8 rings (SSSR count). The predicted molar refractivity (Wildman–Crippen MR) is 198 cm³/mol. The summed E-state index contributed by atoms with van der Waals surface area (Å²) in [4.78, 5) is 24.1. The molecule has 3 N–H and O–H groups in total. The molecule has 0 spiro atoms. The Morgan fingerprint density at radius 3 is 2.65 bits per heavy atom. The Hall–Kier alpha value is -5.12. The molecule has 3 saturated heterocycles. The van der Waals surface area contributed by atoms with Crippen molar-refractivity contribution >= 4 is 51.0 Å². The molecule has 1 aromatic heterocycles. The molecule has 3 aliphatic heterocycles. The van der Waals surface area contributed by atoms with Crippen LogP contribution in [0.2, 0.25) is 0 Å². The largest absolute Gasteiger partial charge is 0.468 e. The van der Waals surface area contributed by atoms with Crippen LogP contribution in [0.25, 0.3) is 38.9 Å². The first-order chi connectivity index (χ1) is 24.4. The lowest BCUT2D eigenvalue weighted by Gasteiger charge is -2.44. The van der Waals surface area contributed by atoms with Crippen molar-refractivity contribution < 1.29 is 23.4 Å². The third kappa shape index (κ3) is 6.25. The number of anilines is 3. The first kappa shape index (κ1) is 34.3. The average molecular weight is 694 g/mol. The van der Waals surface area contributed by atoms with E-state index in [2.05, 4.69) is 21.2 Å². The zero-order chi connectivity index (χ0) is 36.2. The highest BCUT2D eigenvalue weighted by molar-refractivity contribution is 6.08. The number of fused-ring (bicyclic) bond motifs is 3. The number of aromatic nitrogens is 1. The molecule has 0 unspecified atom stereocenters. The summed E-state index contributed by atoms with van der Waals surface area (Å²) in [6.07, 6.45) is 3.44. The second-order valence-corrected chi connectivity index (χ2v) is 14.9. The first-order valence-corrected chi connectivity index (χ1v) is 17.2. The molecule has 11 nitrogen and oxygen atoms in total. The van der Waals surface area contributed by atoms with E-state index in [9.17, 15) is 10.1 Å². The van der Waals surface area contributed by atoms with Gasteiger partial charge >= 0.3 is 6.09 Å². The van der Waals surface area contributed by atoms with Crippen molar-refractivity contribution in [3.05, 3.63) is 59.9 Å². The van der Waals surface area contributed by atoms with Gasteiger partial charge in [-0.05, 0) is 87.5 Å². The Morgan fingerprint density at radius 2 is 1.94 bits per heavy atom. The van der Waals surface area contributed by atoms with Crippen LogP contribution in [-0.4, -0.2) is 92.2 Å². The number of carbonyl (C=O) groups excluding carboxylic acids is 1. The van der Waals surface area contributed by atoms with Gasteiger partial charge in [0.15, 0.2) is 18.4 Å². The normalized spacial score (nSPS) is 20.2. The maximum absolute atomic E-state index is 17.6. The Balaban J connectivity index is 1.40. The maximum atomic E-state index is 17.6. The lowest BCUT2D eigenvalue weighted by molar-refractivity contribution is 0.0239. The van der Waals surface area contributed by atoms with Crippen LogP contribution in [0, 0.1) is 23.1 Å². The number of methoxy groups -OCH3 is 1. The summed E-state index contributed by atoms with van der Waals surface area (Å²) >= 11 is 0. The fourth-order valence-electron chi connectivity index (χ4n) is 7.50. The number of amides is 1. The van der Waals surface area contributed by atoms with Crippen molar-refractivity contribution in [3.63, 3.8) is 0 Å². The minimum atomic E-state index is -0.613. The monoisotopic (exact) mass is 693 g/mol. The molecule has 4 fully saturated rings. The van der Waals surface area contributed by atoms with Crippen LogP contribution < -0.4 is 20.7 Å². The molecule has 4 heterocycles. The number of carbonyl (C=O) groups is 1. The first-order valence-electron chi connectivity index (χ1n) is 17.2. The number of ether oxygens (including phenoxy) is 3. The van der Waals surface area contributed by atoms with Gasteiger partial charge in [-0.2, -0.15) is 5.26 Å². The summed E-state index contributed by atoms with van der Waals surface area (Å²) in [7, 11) is 5.61. The van der Waals surface area contributed by atoms with Crippen LogP contribution in [0.15, 0.2) is 48.5 Å². The van der Waals surface area contributed by atoms with Crippen LogP contribution in [-0.2, 0) is 9.47 Å². The molecule has 1 saturated carbocycles. The Labute approximate surface area is 297 Å². The number of rotatable bonds is 9. The van der Waals surface area contributed by atoms with Crippen LogP contribution in [0.5, 0.6) is 5.75 Å². The van der Waals surface area contributed by atoms with Crippen molar-refractivity contribution in [3.8, 4) is 22.9 Å². The number of likely N-dealkylation sites (N-methyl/N-ethyl adjacent to an activating group) is 1. The van der Waals surface area contributed by atoms with E-state index in [1.165, 1.54) is 6.08 Å². The van der Waals surface area contributed by atoms with Crippen LogP contribution >= 0.6 is 0 Å². The summed E-state index contributed by atoms with van der Waals surface area (Å²) < 4.78 is 34.3. The van der Waals surface area contributed by atoms with E-state index in [0.29, 0.717) is 65.1 Å². The molecule has 0 radical (unpaired) electrons. The Morgan fingerprint density at radius 1 is 1.18 bits per heavy atom. The van der Waals surface area contributed by atoms with Crippen molar-refractivity contribution in [1.29, 1.82) is 5.26 Å². The number of nitrogens with zero attached hydrogens (tertiary/aromatic N) is 5. The smallest absolute Gasteiger partial charge is 0.410 e. The molecule has 1 amide bonds. The van der Waals surface area contributed by atoms with Gasteiger partial charge in [0.1, 0.15) is 16.9 Å². The number of pyridine rings is 1. The van der Waals surface area contributed by atoms with Gasteiger partial charge in [0.2, 0.25) is 0 Å². The zero-order valence-corrected chi connectivity index (χ0v) is 29.9. The Bertz CT molecular complexity index is 2080. The minimum absolute atomic E-state index is 0.0245. The second-order valence-electron chi connectivity index (χ2n) is 14.9. The quantitative estimate of drug-likeness (QED) is 0.149. The molecular weight excluding hydrogens is 649 g/mol. The minimum Gasteiger partial charge on any atom is -0.468 e. The molecule has 51 heavy (non-hydrogen) atoms. The molecule has 266 valence electrons. The van der Waals surface area contributed by atoms with E-state index in [0.717, 1.165) is 17.2 Å². The van der Waals surface area contributed by atoms with Gasteiger partial charge in [0, 0.05) is 55.7 Å². The zero-order valence-electron chi connectivity index (χ0n) is 29.9. The van der Waals surface area contributed by atoms with Crippen molar-refractivity contribution in [1.82, 2.24) is 14.8 Å². The van der Waals surface area contributed by atoms with Gasteiger partial charge in [-0.15, -0.1) is 0 Å². The number of allylic oxidation sites excluding steroid dienone is 1. The average Bonchev–Trinajstić information content (AvgIpc) is 3.66. The number of nitrogens with two attached hydrogens (primary N) is 1. The standard InChI is InChI=1S/C39H44FN7O4/c1-39(2,3)51-38(48)47-18-24-16-30(47)34(24)43-36-29-15-23(11-9-13-41)31(28-17-26(50-21-49-6)14-22-10-7-8-12-27(22)28)32(40)35(29)44-37(33(36)42)46-19-25(20-46)45(4)5/h7-12,14-15,17,24-25,30,34H,16,18-21,42H2,1-6H3,(H,43,44)/b11-9+/t24-,30-,34-/m1/s1. The van der Waals surface area contributed by atoms with Gasteiger partial charge in [0.25, 0.3) is 0 Å². The second kappa shape index (κ2) is 13.2. The molecule has 12 heteroatoms. The highest BCUT2D eigenvalue weighted by Crippen LogP contribution is 2.48. The summed E-state index contributed by atoms with van der Waals surface area (Å²) in [5.74, 6) is 0.656. The number of nitrogens with one attached hydrogen (secondary N) is 1. The van der Waals surface area contributed by atoms with Crippen LogP contribution in [0.1, 0.15) is 32.8 Å². The van der Waals surface area contributed by atoms with E-state index in [1.54, 1.807) is 24.2 Å². The third-order valence-corrected chi connectivity index (χ3v) is 10.2. The summed E-state index contributed by atoms with van der Waals surface area (Å²) in [5.41, 5.74) is 8.86. The molecule has 3 atom stereocenters. The lowest BCUT2D eigenvalue weighted by Crippen LogP contribution is -2.58. The molecule has 3 aromatic carbocycles. The number of nitrogen functional groups attached to an aromatic ring is 1. The van der Waals surface area contributed by atoms with Gasteiger partial charge in [0.05, 0.1) is 29.5 Å². The SMILES string of the molecule is COCOc1cc(-c2c(/C=C/C#N)cc3c(N[C@@H]4[C@@H]5C[C@H]4N(C(=O)OC(C)(C)C)C5)c(N)c(N4CC(N(C)C)C4)nc3c2F)c2ccccc2c1. The summed E-state index contributed by atoms with van der Waals surface area (Å²) in [6.45, 7) is 7.54. The van der Waals surface area contributed by atoms with E-state index in [4.69, 9.17) is 24.9 Å². The highest BCUT2D eigenvalue weighted by atomic mass is 19.1. The number of hydrogen-bond acceptors (Lipinski definition) is 10. The van der Waals surface area contributed by atoms with Crippen molar-refractivity contribution in [2.75, 3.05) is 63.6 Å². The van der Waals surface area contributed by atoms with Gasteiger partial charge in [-0.25, -0.2) is 14.2 Å². The van der Waals surface area contributed by atoms with Gasteiger partial charge in [-0.1, -0.05) is 24.3 Å². The number of nitriles is 1. The molecule has 4 aromatic rings. The number of halogens is 1. The number of benzene rings is 3. The molecule has 1 aliphatic carbocycles. The fraction of sp³-hybridized carbons (Fsp3) is 0.410. The number of hydrogen-bond donors (Lipinski definition) is 2. The van der Waals surface area contributed by atoms with Crippen molar-refractivity contribution in [2.24, 2.45) is 5.92 Å². The third-order valence-electron chi connectivity index (χ3n) is 10.2. The summed E-state index contributed by atoms with van der Waals surface area (Å²) in [6, 6.07) is 15.4. The van der Waals surface area contributed by atoms with Crippen molar-refractivity contribution in [2.45, 2.75) is 50.9 Å². The molecular formula is C39H44FN7O4. The molecule has 2 bridgehead atoms. The lowest BCUT2D eigenvalue weighted by atomic mass is 9.79. The predicted octanol–water partition coefficient (Wildman–Crippen LogP) is 6.47. The topological polar surface area (TPSA) is 129 Å². The van der Waals surface area contributed by atoms with Crippen LogP contribution in [0.3, 0.4) is 0 Å². The maximum Gasteiger partial charge on any atom is 0.410 e. The van der Waals surface area contributed by atoms with E-state index in [-0.39, 0.29) is 42.0 Å². The fourth-order valence-corrected chi connectivity index (χ4v) is 7.50. The van der Waals surface area contributed by atoms with Crippen LogP contribution in [0.4, 0.5) is 26.4 Å².